The van der Waals surface area contributed by atoms with Crippen LogP contribution in [0.4, 0.5) is 5.69 Å². The van der Waals surface area contributed by atoms with Crippen LogP contribution in [0.3, 0.4) is 0 Å². The fourth-order valence-corrected chi connectivity index (χ4v) is 3.81. The van der Waals surface area contributed by atoms with E-state index in [4.69, 9.17) is 27.9 Å². The van der Waals surface area contributed by atoms with Gasteiger partial charge in [0, 0.05) is 5.02 Å². The number of hydrogen-bond donors (Lipinski definition) is 0. The fourth-order valence-electron chi connectivity index (χ4n) is 3.32. The molecule has 4 aromatic carbocycles. The van der Waals surface area contributed by atoms with Crippen molar-refractivity contribution in [1.29, 1.82) is 0 Å². The molecule has 0 atom stereocenters. The van der Waals surface area contributed by atoms with Crippen molar-refractivity contribution in [2.45, 2.75) is 6.92 Å². The largest absolute Gasteiger partial charge is 0.484 e. The molecule has 0 aliphatic carbocycles. The van der Waals surface area contributed by atoms with Gasteiger partial charge in [-0.2, -0.15) is 0 Å². The molecule has 0 aliphatic heterocycles. The minimum absolute atomic E-state index is 0.169. The molecule has 4 aromatic rings. The summed E-state index contributed by atoms with van der Waals surface area (Å²) in [6.07, 6.45) is 0. The van der Waals surface area contributed by atoms with E-state index in [2.05, 4.69) is 0 Å². The first-order valence-corrected chi connectivity index (χ1v) is 10.7. The molecule has 0 bridgehead atoms. The second kappa shape index (κ2) is 9.43. The van der Waals surface area contributed by atoms with Crippen LogP contribution in [0.1, 0.15) is 15.9 Å². The molecule has 0 heterocycles. The molecule has 0 fully saturated rings. The van der Waals surface area contributed by atoms with Crippen LogP contribution in [0, 0.1) is 6.92 Å². The Morgan fingerprint density at radius 3 is 2.28 bits per heavy atom. The Kier molecular flexibility index (Phi) is 6.45. The van der Waals surface area contributed by atoms with Crippen molar-refractivity contribution in [1.82, 2.24) is 0 Å². The maximum atomic E-state index is 13.3. The van der Waals surface area contributed by atoms with Crippen molar-refractivity contribution in [2.75, 3.05) is 11.5 Å². The number of nitrogens with zero attached hydrogens (tertiary/aromatic N) is 1. The predicted molar refractivity (Wildman–Crippen MR) is 129 cm³/mol. The number of ether oxygens (including phenoxy) is 1. The van der Waals surface area contributed by atoms with Crippen molar-refractivity contribution in [3.05, 3.63) is 106 Å². The van der Waals surface area contributed by atoms with Crippen LogP contribution in [-0.4, -0.2) is 18.4 Å². The van der Waals surface area contributed by atoms with Crippen molar-refractivity contribution < 1.29 is 14.3 Å². The van der Waals surface area contributed by atoms with Gasteiger partial charge in [-0.05, 0) is 60.2 Å². The molecule has 0 saturated carbocycles. The van der Waals surface area contributed by atoms with Gasteiger partial charge in [0.15, 0.2) is 6.61 Å². The molecule has 0 spiro atoms. The number of rotatable bonds is 5. The number of benzene rings is 4. The van der Waals surface area contributed by atoms with Gasteiger partial charge in [0.25, 0.3) is 11.8 Å². The number of hydrogen-bond acceptors (Lipinski definition) is 3. The van der Waals surface area contributed by atoms with Crippen LogP contribution < -0.4 is 9.64 Å². The molecule has 4 nitrogen and oxygen atoms in total. The highest BCUT2D eigenvalue weighted by atomic mass is 35.5. The van der Waals surface area contributed by atoms with Gasteiger partial charge in [-0.15, -0.1) is 0 Å². The van der Waals surface area contributed by atoms with Crippen LogP contribution in [0.5, 0.6) is 5.75 Å². The highest BCUT2D eigenvalue weighted by molar-refractivity contribution is 6.38. The molecular weight excluding hydrogens is 445 g/mol. The molecule has 160 valence electrons. The SMILES string of the molecule is Cc1ccc(N(C(=O)COc2ccc3ccccc3c2)C(=O)c2ccc(Cl)cc2Cl)cc1. The standard InChI is InChI=1S/C26H19Cl2NO3/c1-17-6-10-21(11-7-17)29(26(31)23-13-9-20(27)15-24(23)28)25(30)16-32-22-12-8-18-4-2-3-5-19(18)14-22/h2-15H,16H2,1H3. The summed E-state index contributed by atoms with van der Waals surface area (Å²) in [7, 11) is 0. The van der Waals surface area contributed by atoms with Crippen molar-refractivity contribution in [3.63, 3.8) is 0 Å². The Balaban J connectivity index is 1.61. The Morgan fingerprint density at radius 2 is 1.56 bits per heavy atom. The first kappa shape index (κ1) is 21.9. The van der Waals surface area contributed by atoms with Crippen LogP contribution in [0.15, 0.2) is 84.9 Å². The molecule has 4 rings (SSSR count). The maximum Gasteiger partial charge on any atom is 0.271 e. The van der Waals surface area contributed by atoms with Gasteiger partial charge in [-0.25, -0.2) is 4.90 Å². The maximum absolute atomic E-state index is 13.3. The number of anilines is 1. The summed E-state index contributed by atoms with van der Waals surface area (Å²) in [5.74, 6) is -0.529. The normalized spacial score (nSPS) is 10.7. The topological polar surface area (TPSA) is 46.6 Å². The van der Waals surface area contributed by atoms with E-state index >= 15 is 0 Å². The average molecular weight is 464 g/mol. The Bertz CT molecular complexity index is 1300. The lowest BCUT2D eigenvalue weighted by molar-refractivity contribution is -0.119. The van der Waals surface area contributed by atoms with Crippen LogP contribution in [0.2, 0.25) is 10.0 Å². The number of imide groups is 1. The van der Waals surface area contributed by atoms with Gasteiger partial charge in [0.2, 0.25) is 0 Å². The summed E-state index contributed by atoms with van der Waals surface area (Å²) in [5, 5.41) is 2.64. The zero-order valence-corrected chi connectivity index (χ0v) is 18.7. The summed E-state index contributed by atoms with van der Waals surface area (Å²) >= 11 is 12.2. The minimum atomic E-state index is -0.553. The fraction of sp³-hybridized carbons (Fsp3) is 0.0769. The number of carbonyl (C=O) groups is 2. The second-order valence-electron chi connectivity index (χ2n) is 7.29. The third-order valence-corrected chi connectivity index (χ3v) is 5.54. The van der Waals surface area contributed by atoms with E-state index in [9.17, 15) is 9.59 Å². The molecule has 0 radical (unpaired) electrons. The van der Waals surface area contributed by atoms with Crippen LogP contribution in [0.25, 0.3) is 10.8 Å². The number of fused-ring (bicyclic) bond motifs is 1. The molecule has 6 heteroatoms. The number of halogens is 2. The summed E-state index contributed by atoms with van der Waals surface area (Å²) in [6.45, 7) is 1.61. The predicted octanol–water partition coefficient (Wildman–Crippen LogP) is 6.71. The molecule has 0 N–H and O–H groups in total. The monoisotopic (exact) mass is 463 g/mol. The Hall–Kier alpha value is -3.34. The second-order valence-corrected chi connectivity index (χ2v) is 8.14. The molecule has 0 aromatic heterocycles. The lowest BCUT2D eigenvalue weighted by Crippen LogP contribution is -2.40. The summed E-state index contributed by atoms with van der Waals surface area (Å²) in [6, 6.07) is 25.1. The number of amides is 2. The highest BCUT2D eigenvalue weighted by Gasteiger charge is 2.27. The molecule has 0 saturated heterocycles. The van der Waals surface area contributed by atoms with Gasteiger partial charge < -0.3 is 4.74 Å². The highest BCUT2D eigenvalue weighted by Crippen LogP contribution is 2.26. The van der Waals surface area contributed by atoms with Crippen molar-refractivity contribution >= 4 is 51.5 Å². The third kappa shape index (κ3) is 4.77. The van der Waals surface area contributed by atoms with Crippen LogP contribution >= 0.6 is 23.2 Å². The van der Waals surface area contributed by atoms with Gasteiger partial charge in [0.05, 0.1) is 16.3 Å². The van der Waals surface area contributed by atoms with Crippen molar-refractivity contribution in [2.24, 2.45) is 0 Å². The number of carbonyl (C=O) groups excluding carboxylic acids is 2. The quantitative estimate of drug-likeness (QED) is 0.330. The van der Waals surface area contributed by atoms with E-state index in [0.29, 0.717) is 16.5 Å². The lowest BCUT2D eigenvalue weighted by Gasteiger charge is -2.22. The molecule has 2 amide bonds. The van der Waals surface area contributed by atoms with Gasteiger partial charge in [-0.3, -0.25) is 9.59 Å². The number of aryl methyl sites for hydroxylation is 1. The van der Waals surface area contributed by atoms with Gasteiger partial charge >= 0.3 is 0 Å². The molecule has 32 heavy (non-hydrogen) atoms. The van der Waals surface area contributed by atoms with E-state index < -0.39 is 11.8 Å². The smallest absolute Gasteiger partial charge is 0.271 e. The van der Waals surface area contributed by atoms with Gasteiger partial charge in [0.1, 0.15) is 5.75 Å². The van der Waals surface area contributed by atoms with Gasteiger partial charge in [-0.1, -0.05) is 71.2 Å². The average Bonchev–Trinajstić information content (AvgIpc) is 2.79. The van der Waals surface area contributed by atoms with E-state index in [1.807, 2.05) is 55.5 Å². The van der Waals surface area contributed by atoms with Crippen molar-refractivity contribution in [3.8, 4) is 5.75 Å². The summed E-state index contributed by atoms with van der Waals surface area (Å²) < 4.78 is 5.74. The van der Waals surface area contributed by atoms with E-state index in [0.717, 1.165) is 21.2 Å². The Morgan fingerprint density at radius 1 is 0.844 bits per heavy atom. The summed E-state index contributed by atoms with van der Waals surface area (Å²) in [4.78, 5) is 27.6. The molecular formula is C26H19Cl2NO3. The Labute approximate surface area is 195 Å². The zero-order valence-electron chi connectivity index (χ0n) is 17.2. The molecule has 0 aliphatic rings. The third-order valence-electron chi connectivity index (χ3n) is 4.99. The summed E-state index contributed by atoms with van der Waals surface area (Å²) in [5.41, 5.74) is 1.61. The van der Waals surface area contributed by atoms with E-state index in [1.165, 1.54) is 12.1 Å². The zero-order chi connectivity index (χ0) is 22.7. The lowest BCUT2D eigenvalue weighted by atomic mass is 10.1. The minimum Gasteiger partial charge on any atom is -0.484 e. The first-order valence-electron chi connectivity index (χ1n) is 9.93. The van der Waals surface area contributed by atoms with Crippen LogP contribution in [-0.2, 0) is 4.79 Å². The van der Waals surface area contributed by atoms with E-state index in [1.54, 1.807) is 24.3 Å². The first-order chi connectivity index (χ1) is 15.4. The molecule has 0 unspecified atom stereocenters. The van der Waals surface area contributed by atoms with E-state index in [-0.39, 0.29) is 17.2 Å².